The van der Waals surface area contributed by atoms with Crippen molar-refractivity contribution in [3.63, 3.8) is 0 Å². The zero-order valence-electron chi connectivity index (χ0n) is 13.1. The van der Waals surface area contributed by atoms with Gasteiger partial charge in [-0.2, -0.15) is 5.10 Å². The Bertz CT molecular complexity index is 526. The zero-order chi connectivity index (χ0) is 15.6. The molecule has 21 heavy (non-hydrogen) atoms. The first kappa shape index (κ1) is 15.5. The molecule has 1 aromatic heterocycles. The molecule has 0 saturated heterocycles. The third-order valence-electron chi connectivity index (χ3n) is 4.47. The van der Waals surface area contributed by atoms with E-state index >= 15 is 0 Å². The molecule has 0 aliphatic heterocycles. The van der Waals surface area contributed by atoms with Crippen molar-refractivity contribution in [1.29, 1.82) is 0 Å². The minimum Gasteiger partial charge on any atom is -0.469 e. The lowest BCUT2D eigenvalue weighted by atomic mass is 9.94. The van der Waals surface area contributed by atoms with Gasteiger partial charge in [0.1, 0.15) is 0 Å². The van der Waals surface area contributed by atoms with Crippen LogP contribution in [0.1, 0.15) is 37.8 Å². The Balaban J connectivity index is 2.09. The minimum absolute atomic E-state index is 0.0132. The summed E-state index contributed by atoms with van der Waals surface area (Å²) in [6.45, 7) is 1.97. The van der Waals surface area contributed by atoms with Crippen LogP contribution in [0, 0.1) is 11.8 Å². The number of esters is 1. The van der Waals surface area contributed by atoms with Crippen molar-refractivity contribution in [2.75, 3.05) is 14.2 Å². The van der Waals surface area contributed by atoms with E-state index in [1.165, 1.54) is 7.11 Å². The fourth-order valence-corrected chi connectivity index (χ4v) is 3.02. The van der Waals surface area contributed by atoms with E-state index in [-0.39, 0.29) is 29.8 Å². The van der Waals surface area contributed by atoms with E-state index in [4.69, 9.17) is 4.74 Å². The number of nitrogens with zero attached hydrogens (tertiary/aromatic N) is 3. The van der Waals surface area contributed by atoms with Crippen LogP contribution in [-0.2, 0) is 21.4 Å². The van der Waals surface area contributed by atoms with Gasteiger partial charge in [-0.15, -0.1) is 0 Å². The molecule has 0 unspecified atom stereocenters. The predicted molar refractivity (Wildman–Crippen MR) is 77.2 cm³/mol. The van der Waals surface area contributed by atoms with Crippen molar-refractivity contribution in [3.05, 3.63) is 18.0 Å². The van der Waals surface area contributed by atoms with Gasteiger partial charge in [-0.05, 0) is 19.8 Å². The third-order valence-corrected chi connectivity index (χ3v) is 4.47. The molecule has 1 fully saturated rings. The Hall–Kier alpha value is -1.85. The number of aryl methyl sites for hydroxylation is 1. The average molecular weight is 293 g/mol. The molecule has 6 heteroatoms. The van der Waals surface area contributed by atoms with E-state index < -0.39 is 0 Å². The number of aromatic nitrogens is 2. The van der Waals surface area contributed by atoms with E-state index in [0.29, 0.717) is 0 Å². The molecule has 1 aromatic rings. The Morgan fingerprint density at radius 2 is 2.10 bits per heavy atom. The standard InChI is InChI=1S/C15H23N3O3/c1-10(11-8-16-17(2)9-11)18(3)14(19)12-6-5-7-13(12)15(20)21-4/h8-10,12-13H,5-7H2,1-4H3/t10-,12+,13-/m1/s1. The lowest BCUT2D eigenvalue weighted by Crippen LogP contribution is -2.38. The van der Waals surface area contributed by atoms with E-state index in [2.05, 4.69) is 5.10 Å². The molecule has 1 amide bonds. The molecule has 1 saturated carbocycles. The van der Waals surface area contributed by atoms with Gasteiger partial charge in [0, 0.05) is 25.9 Å². The van der Waals surface area contributed by atoms with Gasteiger partial charge < -0.3 is 9.64 Å². The lowest BCUT2D eigenvalue weighted by molar-refractivity contribution is -0.151. The lowest BCUT2D eigenvalue weighted by Gasteiger charge is -2.28. The summed E-state index contributed by atoms with van der Waals surface area (Å²) in [7, 11) is 5.01. The first-order valence-electron chi connectivity index (χ1n) is 7.28. The third kappa shape index (κ3) is 3.09. The smallest absolute Gasteiger partial charge is 0.309 e. The molecule has 1 aliphatic rings. The number of hydrogen-bond donors (Lipinski definition) is 0. The van der Waals surface area contributed by atoms with Crippen LogP contribution in [0.15, 0.2) is 12.4 Å². The highest BCUT2D eigenvalue weighted by molar-refractivity contribution is 5.86. The second-order valence-electron chi connectivity index (χ2n) is 5.74. The van der Waals surface area contributed by atoms with Gasteiger partial charge in [-0.25, -0.2) is 0 Å². The van der Waals surface area contributed by atoms with Gasteiger partial charge in [0.25, 0.3) is 0 Å². The van der Waals surface area contributed by atoms with E-state index in [9.17, 15) is 9.59 Å². The van der Waals surface area contributed by atoms with Crippen molar-refractivity contribution in [1.82, 2.24) is 14.7 Å². The van der Waals surface area contributed by atoms with Crippen LogP contribution in [-0.4, -0.2) is 40.7 Å². The zero-order valence-corrected chi connectivity index (χ0v) is 13.1. The quantitative estimate of drug-likeness (QED) is 0.790. The van der Waals surface area contributed by atoms with Crippen LogP contribution in [0.25, 0.3) is 0 Å². The normalized spacial score (nSPS) is 22.9. The number of amides is 1. The highest BCUT2D eigenvalue weighted by Crippen LogP contribution is 2.35. The summed E-state index contributed by atoms with van der Waals surface area (Å²) < 4.78 is 6.54. The van der Waals surface area contributed by atoms with Crippen molar-refractivity contribution in [3.8, 4) is 0 Å². The fraction of sp³-hybridized carbons (Fsp3) is 0.667. The summed E-state index contributed by atoms with van der Waals surface area (Å²) in [4.78, 5) is 26.2. The predicted octanol–water partition coefficient (Wildman–Crippen LogP) is 1.53. The van der Waals surface area contributed by atoms with E-state index in [0.717, 1.165) is 24.8 Å². The van der Waals surface area contributed by atoms with Gasteiger partial charge in [0.15, 0.2) is 0 Å². The van der Waals surface area contributed by atoms with E-state index in [1.807, 2.05) is 20.2 Å². The summed E-state index contributed by atoms with van der Waals surface area (Å²) in [6, 6.07) is -0.0647. The highest BCUT2D eigenvalue weighted by Gasteiger charge is 2.40. The Morgan fingerprint density at radius 1 is 1.43 bits per heavy atom. The van der Waals surface area contributed by atoms with Gasteiger partial charge in [0.05, 0.1) is 31.2 Å². The van der Waals surface area contributed by atoms with Gasteiger partial charge in [-0.1, -0.05) is 6.42 Å². The summed E-state index contributed by atoms with van der Waals surface area (Å²) >= 11 is 0. The molecule has 2 rings (SSSR count). The van der Waals surface area contributed by atoms with Crippen molar-refractivity contribution < 1.29 is 14.3 Å². The summed E-state index contributed by atoms with van der Waals surface area (Å²) in [6.07, 6.45) is 6.05. The monoisotopic (exact) mass is 293 g/mol. The maximum Gasteiger partial charge on any atom is 0.309 e. The highest BCUT2D eigenvalue weighted by atomic mass is 16.5. The molecular weight excluding hydrogens is 270 g/mol. The second-order valence-corrected chi connectivity index (χ2v) is 5.74. The Labute approximate surface area is 125 Å². The molecule has 116 valence electrons. The first-order chi connectivity index (χ1) is 9.95. The van der Waals surface area contributed by atoms with Gasteiger partial charge in [0.2, 0.25) is 5.91 Å². The SMILES string of the molecule is COC(=O)[C@@H]1CCC[C@@H]1C(=O)N(C)[C@H](C)c1cnn(C)c1. The second kappa shape index (κ2) is 6.28. The number of hydrogen-bond acceptors (Lipinski definition) is 4. The molecular formula is C15H23N3O3. The van der Waals surface area contributed by atoms with Crippen molar-refractivity contribution in [2.45, 2.75) is 32.2 Å². The largest absolute Gasteiger partial charge is 0.469 e. The topological polar surface area (TPSA) is 64.4 Å². The van der Waals surface area contributed by atoms with Crippen LogP contribution in [0.4, 0.5) is 0 Å². The molecule has 0 radical (unpaired) electrons. The van der Waals surface area contributed by atoms with E-state index in [1.54, 1.807) is 22.8 Å². The number of rotatable bonds is 4. The Kier molecular flexibility index (Phi) is 4.65. The van der Waals surface area contributed by atoms with Crippen molar-refractivity contribution >= 4 is 11.9 Å². The van der Waals surface area contributed by atoms with Gasteiger partial charge in [-0.3, -0.25) is 14.3 Å². The van der Waals surface area contributed by atoms with Crippen molar-refractivity contribution in [2.24, 2.45) is 18.9 Å². The minimum atomic E-state index is -0.300. The Morgan fingerprint density at radius 3 is 2.67 bits per heavy atom. The number of carbonyl (C=O) groups excluding carboxylic acids is 2. The molecule has 0 bridgehead atoms. The first-order valence-corrected chi connectivity index (χ1v) is 7.28. The van der Waals surface area contributed by atoms with Crippen LogP contribution in [0.3, 0.4) is 0 Å². The van der Waals surface area contributed by atoms with Crippen LogP contribution in [0.2, 0.25) is 0 Å². The summed E-state index contributed by atoms with van der Waals surface area (Å²) in [5.74, 6) is -0.819. The molecule has 1 heterocycles. The summed E-state index contributed by atoms with van der Waals surface area (Å²) in [5, 5.41) is 4.14. The molecule has 0 N–H and O–H groups in total. The van der Waals surface area contributed by atoms with Gasteiger partial charge >= 0.3 is 5.97 Å². The molecule has 1 aliphatic carbocycles. The molecule has 0 spiro atoms. The van der Waals surface area contributed by atoms with Crippen LogP contribution < -0.4 is 0 Å². The number of methoxy groups -OCH3 is 1. The average Bonchev–Trinajstić information content (AvgIpc) is 3.12. The molecule has 6 nitrogen and oxygen atoms in total. The number of carbonyl (C=O) groups is 2. The maximum atomic E-state index is 12.7. The number of ether oxygens (including phenoxy) is 1. The molecule has 0 aromatic carbocycles. The molecule has 3 atom stereocenters. The van der Waals surface area contributed by atoms with Crippen LogP contribution >= 0.6 is 0 Å². The summed E-state index contributed by atoms with van der Waals surface area (Å²) in [5.41, 5.74) is 0.987. The van der Waals surface area contributed by atoms with Crippen LogP contribution in [0.5, 0.6) is 0 Å². The fourth-order valence-electron chi connectivity index (χ4n) is 3.02. The maximum absolute atomic E-state index is 12.7.